The zero-order valence-electron chi connectivity index (χ0n) is 19.9. The molecule has 7 nitrogen and oxygen atoms in total. The van der Waals surface area contributed by atoms with Crippen LogP contribution in [0, 0.1) is 0 Å². The largest absolute Gasteiger partial charge is 0.493 e. The molecule has 1 heterocycles. The van der Waals surface area contributed by atoms with Crippen LogP contribution in [0.15, 0.2) is 65.0 Å². The van der Waals surface area contributed by atoms with Crippen LogP contribution < -0.4 is 19.5 Å². The number of ketones is 1. The van der Waals surface area contributed by atoms with E-state index >= 15 is 0 Å². The van der Waals surface area contributed by atoms with Crippen LogP contribution in [0.2, 0.25) is 0 Å². The van der Waals surface area contributed by atoms with E-state index in [0.29, 0.717) is 46.1 Å². The normalized spacial score (nSPS) is 17.6. The van der Waals surface area contributed by atoms with Gasteiger partial charge in [0.15, 0.2) is 17.3 Å². The Morgan fingerprint density at radius 2 is 1.71 bits per heavy atom. The molecule has 0 unspecified atom stereocenters. The summed E-state index contributed by atoms with van der Waals surface area (Å²) in [5, 5.41) is 3.31. The van der Waals surface area contributed by atoms with Crippen molar-refractivity contribution in [3.8, 4) is 17.2 Å². The number of esters is 1. The summed E-state index contributed by atoms with van der Waals surface area (Å²) in [5.41, 5.74) is 4.00. The highest BCUT2D eigenvalue weighted by Gasteiger charge is 2.41. The number of dihydropyridines is 1. The lowest BCUT2D eigenvalue weighted by Crippen LogP contribution is -2.34. The fourth-order valence-corrected chi connectivity index (χ4v) is 4.72. The molecule has 2 aromatic rings. The van der Waals surface area contributed by atoms with E-state index < -0.39 is 11.9 Å². The van der Waals surface area contributed by atoms with E-state index in [0.717, 1.165) is 24.1 Å². The lowest BCUT2D eigenvalue weighted by Gasteiger charge is -2.35. The van der Waals surface area contributed by atoms with Crippen LogP contribution in [-0.4, -0.2) is 33.1 Å². The summed E-state index contributed by atoms with van der Waals surface area (Å²) in [7, 11) is 4.60. The van der Waals surface area contributed by atoms with E-state index in [-0.39, 0.29) is 12.4 Å². The number of methoxy groups -OCH3 is 3. The van der Waals surface area contributed by atoms with Gasteiger partial charge in [-0.2, -0.15) is 0 Å². The molecular weight excluding hydrogens is 434 g/mol. The molecule has 34 heavy (non-hydrogen) atoms. The van der Waals surface area contributed by atoms with Gasteiger partial charge in [-0.05, 0) is 31.4 Å². The first kappa shape index (κ1) is 23.4. The van der Waals surface area contributed by atoms with Gasteiger partial charge in [0.05, 0.1) is 32.8 Å². The lowest BCUT2D eigenvalue weighted by atomic mass is 9.75. The monoisotopic (exact) mass is 463 g/mol. The van der Waals surface area contributed by atoms with Gasteiger partial charge >= 0.3 is 5.97 Å². The fraction of sp³-hybridized carbons (Fsp3) is 0.333. The summed E-state index contributed by atoms with van der Waals surface area (Å²) in [6, 6.07) is 13.1. The highest BCUT2D eigenvalue weighted by molar-refractivity contribution is 6.04. The van der Waals surface area contributed by atoms with E-state index in [9.17, 15) is 9.59 Å². The third kappa shape index (κ3) is 4.25. The van der Waals surface area contributed by atoms with Gasteiger partial charge in [-0.15, -0.1) is 0 Å². The molecule has 0 radical (unpaired) electrons. The van der Waals surface area contributed by atoms with Gasteiger partial charge in [0.2, 0.25) is 5.75 Å². The molecule has 0 bridgehead atoms. The third-order valence-corrected chi connectivity index (χ3v) is 6.25. The number of ether oxygens (including phenoxy) is 4. The van der Waals surface area contributed by atoms with Crippen molar-refractivity contribution in [3.05, 3.63) is 76.1 Å². The van der Waals surface area contributed by atoms with Gasteiger partial charge < -0.3 is 24.3 Å². The molecule has 0 saturated heterocycles. The maximum absolute atomic E-state index is 13.5. The Labute approximate surface area is 199 Å². The van der Waals surface area contributed by atoms with E-state index in [1.54, 1.807) is 13.2 Å². The quantitative estimate of drug-likeness (QED) is 0.609. The Bertz CT molecular complexity index is 1170. The van der Waals surface area contributed by atoms with Crippen molar-refractivity contribution in [2.75, 3.05) is 21.3 Å². The second-order valence-corrected chi connectivity index (χ2v) is 8.25. The SMILES string of the molecule is COc1ccc([C@@H]2C(C(=O)OCc3ccccc3)=C(C)NC3=C2C(=O)CCC3)c(OC)c1OC. The van der Waals surface area contributed by atoms with E-state index in [1.807, 2.05) is 43.3 Å². The highest BCUT2D eigenvalue weighted by atomic mass is 16.5. The number of allylic oxidation sites excluding steroid dienone is 3. The Hall–Kier alpha value is -3.74. The minimum Gasteiger partial charge on any atom is -0.493 e. The summed E-state index contributed by atoms with van der Waals surface area (Å²) in [5.74, 6) is 0.190. The number of nitrogens with one attached hydrogen (secondary N) is 1. The molecule has 1 atom stereocenters. The zero-order valence-corrected chi connectivity index (χ0v) is 19.9. The molecular formula is C27H29NO6. The molecule has 1 aliphatic heterocycles. The summed E-state index contributed by atoms with van der Waals surface area (Å²) in [6.07, 6.45) is 1.93. The molecule has 1 aliphatic carbocycles. The van der Waals surface area contributed by atoms with Crippen LogP contribution >= 0.6 is 0 Å². The second kappa shape index (κ2) is 10.0. The number of rotatable bonds is 7. The van der Waals surface area contributed by atoms with Crippen LogP contribution in [0.4, 0.5) is 0 Å². The smallest absolute Gasteiger partial charge is 0.337 e. The molecule has 0 amide bonds. The number of carbonyl (C=O) groups is 2. The van der Waals surface area contributed by atoms with Crippen LogP contribution in [0.1, 0.15) is 43.2 Å². The Balaban J connectivity index is 1.83. The van der Waals surface area contributed by atoms with E-state index in [2.05, 4.69) is 5.32 Å². The average molecular weight is 464 g/mol. The Morgan fingerprint density at radius 3 is 2.38 bits per heavy atom. The van der Waals surface area contributed by atoms with Crippen molar-refractivity contribution in [1.29, 1.82) is 0 Å². The van der Waals surface area contributed by atoms with Gasteiger partial charge in [0, 0.05) is 29.0 Å². The predicted octanol–water partition coefficient (Wildman–Crippen LogP) is 4.42. The van der Waals surface area contributed by atoms with Crippen LogP contribution in [0.3, 0.4) is 0 Å². The van der Waals surface area contributed by atoms with Crippen molar-refractivity contribution in [2.45, 2.75) is 38.7 Å². The van der Waals surface area contributed by atoms with Crippen LogP contribution in [0.25, 0.3) is 0 Å². The van der Waals surface area contributed by atoms with Crippen molar-refractivity contribution in [2.24, 2.45) is 0 Å². The van der Waals surface area contributed by atoms with Crippen molar-refractivity contribution in [1.82, 2.24) is 5.32 Å². The molecule has 2 aromatic carbocycles. The molecule has 7 heteroatoms. The number of benzene rings is 2. The average Bonchev–Trinajstić information content (AvgIpc) is 2.86. The minimum absolute atomic E-state index is 0.0106. The number of carbonyl (C=O) groups excluding carboxylic acids is 2. The van der Waals surface area contributed by atoms with Crippen LogP contribution in [-0.2, 0) is 20.9 Å². The summed E-state index contributed by atoms with van der Waals surface area (Å²) in [6.45, 7) is 1.97. The minimum atomic E-state index is -0.651. The highest BCUT2D eigenvalue weighted by Crippen LogP contribution is 2.50. The van der Waals surface area contributed by atoms with Crippen LogP contribution in [0.5, 0.6) is 17.2 Å². The number of hydrogen-bond acceptors (Lipinski definition) is 7. The third-order valence-electron chi connectivity index (χ3n) is 6.25. The molecule has 0 saturated carbocycles. The van der Waals surface area contributed by atoms with Crippen molar-refractivity contribution >= 4 is 11.8 Å². The number of hydrogen-bond donors (Lipinski definition) is 1. The van der Waals surface area contributed by atoms with Crippen molar-refractivity contribution in [3.63, 3.8) is 0 Å². The molecule has 4 rings (SSSR count). The maximum Gasteiger partial charge on any atom is 0.337 e. The summed E-state index contributed by atoms with van der Waals surface area (Å²) < 4.78 is 22.5. The Morgan fingerprint density at radius 1 is 0.971 bits per heavy atom. The second-order valence-electron chi connectivity index (χ2n) is 8.25. The summed E-state index contributed by atoms with van der Waals surface area (Å²) in [4.78, 5) is 26.6. The predicted molar refractivity (Wildman–Crippen MR) is 127 cm³/mol. The molecule has 178 valence electrons. The Kier molecular flexibility index (Phi) is 6.91. The topological polar surface area (TPSA) is 83.1 Å². The van der Waals surface area contributed by atoms with Crippen molar-refractivity contribution < 1.29 is 28.5 Å². The van der Waals surface area contributed by atoms with Gasteiger partial charge in [0.1, 0.15) is 6.61 Å². The maximum atomic E-state index is 13.5. The summed E-state index contributed by atoms with van der Waals surface area (Å²) >= 11 is 0. The fourth-order valence-electron chi connectivity index (χ4n) is 4.72. The van der Waals surface area contributed by atoms with E-state index in [4.69, 9.17) is 18.9 Å². The molecule has 0 spiro atoms. The van der Waals surface area contributed by atoms with Gasteiger partial charge in [-0.3, -0.25) is 4.79 Å². The molecule has 2 aliphatic rings. The van der Waals surface area contributed by atoms with Gasteiger partial charge in [-0.25, -0.2) is 4.79 Å². The van der Waals surface area contributed by atoms with E-state index in [1.165, 1.54) is 14.2 Å². The first-order valence-corrected chi connectivity index (χ1v) is 11.2. The molecule has 0 fully saturated rings. The molecule has 0 aromatic heterocycles. The van der Waals surface area contributed by atoms with Gasteiger partial charge in [-0.1, -0.05) is 36.4 Å². The molecule has 1 N–H and O–H groups in total. The lowest BCUT2D eigenvalue weighted by molar-refractivity contribution is -0.140. The standard InChI is InChI=1S/C27H29NO6/c1-16-22(27(30)34-15-17-9-6-5-7-10-17)23(24-19(28-16)11-8-12-20(24)29)18-13-14-21(31-2)26(33-4)25(18)32-3/h5-7,9-10,13-14,23,28H,8,11-12,15H2,1-4H3/t23-/m1/s1. The first-order chi connectivity index (χ1) is 16.5. The van der Waals surface area contributed by atoms with Gasteiger partial charge in [0.25, 0.3) is 0 Å². The zero-order chi connectivity index (χ0) is 24.2. The first-order valence-electron chi connectivity index (χ1n) is 11.2. The number of Topliss-reactive ketones (excluding diaryl/α,β-unsaturated/α-hetero) is 1.